The van der Waals surface area contributed by atoms with Crippen molar-refractivity contribution in [1.29, 1.82) is 0 Å². The minimum atomic E-state index is -0.972. The molecule has 1 aliphatic rings. The third-order valence-corrected chi connectivity index (χ3v) is 5.37. The van der Waals surface area contributed by atoms with E-state index in [0.717, 1.165) is 15.6 Å². The van der Waals surface area contributed by atoms with E-state index in [1.54, 1.807) is 24.4 Å². The van der Waals surface area contributed by atoms with Gasteiger partial charge in [0, 0.05) is 28.7 Å². The van der Waals surface area contributed by atoms with Gasteiger partial charge in [0.05, 0.1) is 12.7 Å². The molecule has 1 N–H and O–H groups in total. The number of aromatic nitrogens is 1. The highest BCUT2D eigenvalue weighted by Crippen LogP contribution is 2.43. The molecule has 0 saturated carbocycles. The van der Waals surface area contributed by atoms with Gasteiger partial charge in [-0.3, -0.25) is 14.6 Å². The number of Topliss-reactive ketones (excluding diaryl/α,β-unsaturated/α-hetero) is 1. The van der Waals surface area contributed by atoms with Gasteiger partial charge in [0.2, 0.25) is 0 Å². The topological polar surface area (TPSA) is 76.5 Å². The highest BCUT2D eigenvalue weighted by atomic mass is 79.9. The first-order valence-electron chi connectivity index (χ1n) is 8.57. The minimum absolute atomic E-state index is 0.0745. The zero-order valence-corrected chi connectivity index (χ0v) is 16.9. The molecule has 1 aliphatic carbocycles. The van der Waals surface area contributed by atoms with E-state index in [0.29, 0.717) is 11.3 Å². The Kier molecular flexibility index (Phi) is 5.46. The molecule has 1 heterocycles. The summed E-state index contributed by atoms with van der Waals surface area (Å²) in [6.07, 6.45) is 1.68. The van der Waals surface area contributed by atoms with Crippen LogP contribution in [-0.2, 0) is 14.3 Å². The van der Waals surface area contributed by atoms with Crippen molar-refractivity contribution in [1.82, 2.24) is 4.98 Å². The first-order valence-corrected chi connectivity index (χ1v) is 9.36. The number of pyridine rings is 1. The SMILES string of the molecule is COC(=O)C1C(O)=C(c2c(C)cc(Br)cc2C)C(=O)CC1c1ccccn1. The molecule has 0 aliphatic heterocycles. The van der Waals surface area contributed by atoms with Gasteiger partial charge in [0.1, 0.15) is 11.7 Å². The number of halogens is 1. The summed E-state index contributed by atoms with van der Waals surface area (Å²) in [5, 5.41) is 11.0. The van der Waals surface area contributed by atoms with E-state index < -0.39 is 17.8 Å². The predicted octanol–water partition coefficient (Wildman–Crippen LogP) is 4.28. The van der Waals surface area contributed by atoms with E-state index >= 15 is 0 Å². The molecule has 27 heavy (non-hydrogen) atoms. The maximum atomic E-state index is 13.0. The fourth-order valence-electron chi connectivity index (χ4n) is 3.75. The number of aryl methyl sites for hydroxylation is 2. The molecular formula is C21H20BrNO4. The van der Waals surface area contributed by atoms with Gasteiger partial charge in [-0.2, -0.15) is 0 Å². The van der Waals surface area contributed by atoms with Crippen LogP contribution in [0.15, 0.2) is 46.8 Å². The molecule has 2 aromatic rings. The van der Waals surface area contributed by atoms with Gasteiger partial charge < -0.3 is 9.84 Å². The number of aliphatic hydroxyl groups excluding tert-OH is 1. The molecule has 1 aromatic carbocycles. The summed E-state index contributed by atoms with van der Waals surface area (Å²) in [6, 6.07) is 9.07. The van der Waals surface area contributed by atoms with E-state index in [4.69, 9.17) is 4.74 Å². The van der Waals surface area contributed by atoms with E-state index in [2.05, 4.69) is 20.9 Å². The van der Waals surface area contributed by atoms with Crippen LogP contribution < -0.4 is 0 Å². The third kappa shape index (κ3) is 3.54. The molecule has 1 aromatic heterocycles. The molecule has 140 valence electrons. The molecule has 0 fully saturated rings. The highest BCUT2D eigenvalue weighted by molar-refractivity contribution is 9.10. The van der Waals surface area contributed by atoms with Crippen molar-refractivity contribution in [2.45, 2.75) is 26.2 Å². The first-order chi connectivity index (χ1) is 12.8. The fraction of sp³-hybridized carbons (Fsp3) is 0.286. The molecule has 3 rings (SSSR count). The number of allylic oxidation sites excluding steroid dienone is 1. The van der Waals surface area contributed by atoms with Crippen LogP contribution in [-0.4, -0.2) is 29.0 Å². The molecule has 0 radical (unpaired) electrons. The number of hydrogen-bond acceptors (Lipinski definition) is 5. The molecule has 0 bridgehead atoms. The zero-order valence-electron chi connectivity index (χ0n) is 15.3. The quantitative estimate of drug-likeness (QED) is 0.736. The van der Waals surface area contributed by atoms with Crippen LogP contribution in [0.3, 0.4) is 0 Å². The van der Waals surface area contributed by atoms with Gasteiger partial charge in [-0.1, -0.05) is 22.0 Å². The molecule has 2 unspecified atom stereocenters. The summed E-state index contributed by atoms with van der Waals surface area (Å²) in [5.41, 5.74) is 3.12. The number of esters is 1. The Bertz CT molecular complexity index is 913. The van der Waals surface area contributed by atoms with E-state index in [9.17, 15) is 14.7 Å². The van der Waals surface area contributed by atoms with Crippen LogP contribution in [0, 0.1) is 19.8 Å². The van der Waals surface area contributed by atoms with Crippen LogP contribution in [0.25, 0.3) is 5.57 Å². The summed E-state index contributed by atoms with van der Waals surface area (Å²) < 4.78 is 5.82. The van der Waals surface area contributed by atoms with Crippen molar-refractivity contribution >= 4 is 33.3 Å². The van der Waals surface area contributed by atoms with Crippen LogP contribution >= 0.6 is 15.9 Å². The number of methoxy groups -OCH3 is 1. The third-order valence-electron chi connectivity index (χ3n) is 4.91. The Morgan fingerprint density at radius 3 is 2.48 bits per heavy atom. The number of aliphatic hydroxyl groups is 1. The van der Waals surface area contributed by atoms with E-state index in [-0.39, 0.29) is 23.5 Å². The van der Waals surface area contributed by atoms with Crippen LogP contribution in [0.5, 0.6) is 0 Å². The van der Waals surface area contributed by atoms with Crippen molar-refractivity contribution in [3.8, 4) is 0 Å². The second-order valence-corrected chi connectivity index (χ2v) is 7.58. The summed E-state index contributed by atoms with van der Waals surface area (Å²) in [5.74, 6) is -2.58. The number of carbonyl (C=O) groups excluding carboxylic acids is 2. The summed E-state index contributed by atoms with van der Waals surface area (Å²) >= 11 is 3.44. The van der Waals surface area contributed by atoms with E-state index in [1.165, 1.54) is 7.11 Å². The smallest absolute Gasteiger partial charge is 0.317 e. The van der Waals surface area contributed by atoms with Crippen molar-refractivity contribution in [2.75, 3.05) is 7.11 Å². The standard InChI is InChI=1S/C21H20BrNO4/c1-11-8-13(22)9-12(2)17(11)19-16(24)10-14(15-6-4-5-7-23-15)18(20(19)25)21(26)27-3/h4-9,14,18,25H,10H2,1-3H3. The van der Waals surface area contributed by atoms with Crippen LogP contribution in [0.1, 0.15) is 34.7 Å². The van der Waals surface area contributed by atoms with Crippen molar-refractivity contribution in [3.05, 3.63) is 69.1 Å². The monoisotopic (exact) mass is 429 g/mol. The summed E-state index contributed by atoms with van der Waals surface area (Å²) in [6.45, 7) is 3.75. The molecule has 0 spiro atoms. The Hall–Kier alpha value is -2.47. The Balaban J connectivity index is 2.21. The maximum Gasteiger partial charge on any atom is 0.317 e. The summed E-state index contributed by atoms with van der Waals surface area (Å²) in [7, 11) is 1.28. The second kappa shape index (κ2) is 7.64. The predicted molar refractivity (Wildman–Crippen MR) is 105 cm³/mol. The maximum absolute atomic E-state index is 13.0. The molecule has 6 heteroatoms. The Morgan fingerprint density at radius 2 is 1.93 bits per heavy atom. The number of carbonyl (C=O) groups is 2. The number of ether oxygens (including phenoxy) is 1. The lowest BCUT2D eigenvalue weighted by molar-refractivity contribution is -0.146. The fourth-order valence-corrected chi connectivity index (χ4v) is 4.44. The zero-order chi connectivity index (χ0) is 19.7. The van der Waals surface area contributed by atoms with Crippen molar-refractivity contribution in [3.63, 3.8) is 0 Å². The number of ketones is 1. The van der Waals surface area contributed by atoms with Gasteiger partial charge in [0.25, 0.3) is 0 Å². The Morgan fingerprint density at radius 1 is 1.26 bits per heavy atom. The second-order valence-electron chi connectivity index (χ2n) is 6.66. The van der Waals surface area contributed by atoms with E-state index in [1.807, 2.05) is 26.0 Å². The lowest BCUT2D eigenvalue weighted by Crippen LogP contribution is -2.33. The molecule has 0 amide bonds. The van der Waals surface area contributed by atoms with Crippen molar-refractivity contribution < 1.29 is 19.4 Å². The number of nitrogens with zero attached hydrogens (tertiary/aromatic N) is 1. The number of hydrogen-bond donors (Lipinski definition) is 1. The molecule has 0 saturated heterocycles. The van der Waals surface area contributed by atoms with Gasteiger partial charge in [0.15, 0.2) is 5.78 Å². The number of benzene rings is 1. The molecule has 2 atom stereocenters. The average Bonchev–Trinajstić information content (AvgIpc) is 2.63. The Labute approximate surface area is 166 Å². The van der Waals surface area contributed by atoms with Gasteiger partial charge >= 0.3 is 5.97 Å². The minimum Gasteiger partial charge on any atom is -0.511 e. The molecule has 5 nitrogen and oxygen atoms in total. The van der Waals surface area contributed by atoms with Gasteiger partial charge in [-0.15, -0.1) is 0 Å². The van der Waals surface area contributed by atoms with Crippen molar-refractivity contribution in [2.24, 2.45) is 5.92 Å². The lowest BCUT2D eigenvalue weighted by atomic mass is 9.74. The van der Waals surface area contributed by atoms with Crippen LogP contribution in [0.4, 0.5) is 0 Å². The average molecular weight is 430 g/mol. The first kappa shape index (κ1) is 19.3. The molecular weight excluding hydrogens is 410 g/mol. The van der Waals surface area contributed by atoms with Gasteiger partial charge in [-0.25, -0.2) is 0 Å². The van der Waals surface area contributed by atoms with Gasteiger partial charge in [-0.05, 0) is 54.8 Å². The lowest BCUT2D eigenvalue weighted by Gasteiger charge is -2.31. The van der Waals surface area contributed by atoms with Crippen LogP contribution in [0.2, 0.25) is 0 Å². The normalized spacial score (nSPS) is 19.9. The number of rotatable bonds is 3. The largest absolute Gasteiger partial charge is 0.511 e. The summed E-state index contributed by atoms with van der Waals surface area (Å²) in [4.78, 5) is 29.8. The highest BCUT2D eigenvalue weighted by Gasteiger charge is 2.43.